The van der Waals surface area contributed by atoms with Crippen LogP contribution in [-0.2, 0) is 11.3 Å². The molecule has 1 unspecified atom stereocenters. The highest BCUT2D eigenvalue weighted by atomic mass is 32.1. The van der Waals surface area contributed by atoms with Gasteiger partial charge in [-0.1, -0.05) is 12.8 Å². The zero-order chi connectivity index (χ0) is 15.2. The normalized spacial score (nSPS) is 17.1. The number of anilines is 1. The molecule has 118 valence electrons. The number of aromatic nitrogens is 1. The van der Waals surface area contributed by atoms with Gasteiger partial charge in [0.2, 0.25) is 5.91 Å². The molecule has 2 N–H and O–H groups in total. The summed E-state index contributed by atoms with van der Waals surface area (Å²) >= 11 is 1.49. The van der Waals surface area contributed by atoms with Crippen LogP contribution in [0.4, 0.5) is 5.13 Å². The van der Waals surface area contributed by atoms with Gasteiger partial charge >= 0.3 is 0 Å². The smallest absolute Gasteiger partial charge is 0.225 e. The number of nitrogens with one attached hydrogen (secondary N) is 1. The van der Waals surface area contributed by atoms with Gasteiger partial charge in [0.05, 0.1) is 11.8 Å². The molecule has 0 aliphatic heterocycles. The van der Waals surface area contributed by atoms with Crippen LogP contribution in [0.2, 0.25) is 0 Å². The zero-order valence-electron chi connectivity index (χ0n) is 12.8. The van der Waals surface area contributed by atoms with Crippen molar-refractivity contribution in [1.82, 2.24) is 10.3 Å². The van der Waals surface area contributed by atoms with E-state index < -0.39 is 0 Å². The lowest BCUT2D eigenvalue weighted by molar-refractivity contribution is -0.116. The van der Waals surface area contributed by atoms with E-state index in [0.29, 0.717) is 25.6 Å². The highest BCUT2D eigenvalue weighted by Gasteiger charge is 2.22. The molecule has 0 spiro atoms. The number of hydrogen-bond donors (Lipinski definition) is 2. The van der Waals surface area contributed by atoms with Gasteiger partial charge in [-0.3, -0.25) is 9.69 Å². The molecule has 1 aliphatic carbocycles. The van der Waals surface area contributed by atoms with E-state index >= 15 is 0 Å². The van der Waals surface area contributed by atoms with Crippen LogP contribution in [-0.4, -0.2) is 35.2 Å². The van der Waals surface area contributed by atoms with E-state index in [1.54, 1.807) is 11.8 Å². The third-order valence-electron chi connectivity index (χ3n) is 4.07. The molecule has 6 heteroatoms. The van der Waals surface area contributed by atoms with Crippen molar-refractivity contribution in [3.63, 3.8) is 0 Å². The van der Waals surface area contributed by atoms with Gasteiger partial charge < -0.3 is 10.4 Å². The molecule has 1 heterocycles. The maximum Gasteiger partial charge on any atom is 0.225 e. The summed E-state index contributed by atoms with van der Waals surface area (Å²) in [4.78, 5) is 17.6. The van der Waals surface area contributed by atoms with Crippen LogP contribution in [0.3, 0.4) is 0 Å². The van der Waals surface area contributed by atoms with Crippen LogP contribution in [0.1, 0.15) is 45.2 Å². The predicted molar refractivity (Wildman–Crippen MR) is 85.5 cm³/mol. The van der Waals surface area contributed by atoms with Crippen molar-refractivity contribution in [2.45, 2.75) is 52.2 Å². The van der Waals surface area contributed by atoms with Gasteiger partial charge in [0.1, 0.15) is 0 Å². The minimum atomic E-state index is -0.255. The molecule has 1 atom stereocenters. The SMILES string of the molecule is CCN(C(C)=O)c1nc(CNCC(O)C2CCCC2)cs1. The maximum atomic E-state index is 11.5. The van der Waals surface area contributed by atoms with Gasteiger partial charge in [-0.2, -0.15) is 0 Å². The van der Waals surface area contributed by atoms with Gasteiger partial charge in [-0.25, -0.2) is 4.98 Å². The second-order valence-electron chi connectivity index (χ2n) is 5.63. The number of aliphatic hydroxyl groups is 1. The molecular weight excluding hydrogens is 286 g/mol. The number of hydrogen-bond acceptors (Lipinski definition) is 5. The molecule has 21 heavy (non-hydrogen) atoms. The Kier molecular flexibility index (Phi) is 6.14. The fourth-order valence-electron chi connectivity index (χ4n) is 2.85. The second kappa shape index (κ2) is 7.87. The van der Waals surface area contributed by atoms with Crippen molar-refractivity contribution in [1.29, 1.82) is 0 Å². The average Bonchev–Trinajstić information content (AvgIpc) is 3.10. The molecule has 2 rings (SSSR count). The van der Waals surface area contributed by atoms with E-state index in [2.05, 4.69) is 10.3 Å². The average molecular weight is 311 g/mol. The molecule has 0 bridgehead atoms. The van der Waals surface area contributed by atoms with E-state index in [4.69, 9.17) is 0 Å². The van der Waals surface area contributed by atoms with Crippen LogP contribution < -0.4 is 10.2 Å². The molecule has 1 amide bonds. The number of rotatable bonds is 7. The number of aliphatic hydroxyl groups excluding tert-OH is 1. The molecular formula is C15H25N3O2S. The Morgan fingerprint density at radius 2 is 2.29 bits per heavy atom. The Balaban J connectivity index is 1.78. The summed E-state index contributed by atoms with van der Waals surface area (Å²) in [7, 11) is 0. The van der Waals surface area contributed by atoms with Crippen LogP contribution in [0, 0.1) is 5.92 Å². The van der Waals surface area contributed by atoms with Gasteiger partial charge in [0.15, 0.2) is 5.13 Å². The number of carbonyl (C=O) groups excluding carboxylic acids is 1. The third kappa shape index (κ3) is 4.49. The number of carbonyl (C=O) groups is 1. The first-order chi connectivity index (χ1) is 10.1. The van der Waals surface area contributed by atoms with E-state index in [1.807, 2.05) is 12.3 Å². The number of amides is 1. The fraction of sp³-hybridized carbons (Fsp3) is 0.733. The summed E-state index contributed by atoms with van der Waals surface area (Å²) in [5.74, 6) is 0.472. The number of nitrogens with zero attached hydrogens (tertiary/aromatic N) is 2. The van der Waals surface area contributed by atoms with E-state index in [9.17, 15) is 9.90 Å². The predicted octanol–water partition coefficient (Wildman–Crippen LogP) is 2.16. The van der Waals surface area contributed by atoms with Gasteiger partial charge in [0.25, 0.3) is 0 Å². The molecule has 0 aromatic carbocycles. The van der Waals surface area contributed by atoms with Crippen molar-refractivity contribution in [2.24, 2.45) is 5.92 Å². The monoisotopic (exact) mass is 311 g/mol. The topological polar surface area (TPSA) is 65.5 Å². The fourth-order valence-corrected chi connectivity index (χ4v) is 3.78. The van der Waals surface area contributed by atoms with Crippen LogP contribution in [0.15, 0.2) is 5.38 Å². The standard InChI is InChI=1S/C15H25N3O2S/c1-3-18(11(2)19)15-17-13(10-21-15)8-16-9-14(20)12-6-4-5-7-12/h10,12,14,16,20H,3-9H2,1-2H3. The second-order valence-corrected chi connectivity index (χ2v) is 6.46. The van der Waals surface area contributed by atoms with Crippen molar-refractivity contribution >= 4 is 22.4 Å². The summed E-state index contributed by atoms with van der Waals surface area (Å²) in [6, 6.07) is 0. The zero-order valence-corrected chi connectivity index (χ0v) is 13.7. The van der Waals surface area contributed by atoms with E-state index in [1.165, 1.54) is 24.2 Å². The summed E-state index contributed by atoms with van der Waals surface area (Å²) < 4.78 is 0. The van der Waals surface area contributed by atoms with E-state index in [0.717, 1.165) is 23.7 Å². The Morgan fingerprint density at radius 3 is 2.90 bits per heavy atom. The van der Waals surface area contributed by atoms with Gasteiger partial charge in [-0.15, -0.1) is 11.3 Å². The third-order valence-corrected chi connectivity index (χ3v) is 4.98. The molecule has 0 saturated heterocycles. The molecule has 1 saturated carbocycles. The van der Waals surface area contributed by atoms with Crippen LogP contribution in [0.5, 0.6) is 0 Å². The minimum Gasteiger partial charge on any atom is -0.392 e. The Hall–Kier alpha value is -0.980. The number of thiazole rings is 1. The molecule has 1 aromatic rings. The van der Waals surface area contributed by atoms with Crippen molar-refractivity contribution in [3.8, 4) is 0 Å². The van der Waals surface area contributed by atoms with Crippen molar-refractivity contribution in [2.75, 3.05) is 18.0 Å². The lowest BCUT2D eigenvalue weighted by Crippen LogP contribution is -2.31. The molecule has 1 fully saturated rings. The Bertz CT molecular complexity index is 458. The van der Waals surface area contributed by atoms with Crippen molar-refractivity contribution in [3.05, 3.63) is 11.1 Å². The summed E-state index contributed by atoms with van der Waals surface area (Å²) in [5.41, 5.74) is 0.924. The minimum absolute atomic E-state index is 0.0167. The largest absolute Gasteiger partial charge is 0.392 e. The van der Waals surface area contributed by atoms with Crippen LogP contribution in [0.25, 0.3) is 0 Å². The Labute approximate surface area is 130 Å². The maximum absolute atomic E-state index is 11.5. The Morgan fingerprint density at radius 1 is 1.57 bits per heavy atom. The highest BCUT2D eigenvalue weighted by Crippen LogP contribution is 2.27. The van der Waals surface area contributed by atoms with Gasteiger partial charge in [0, 0.05) is 31.9 Å². The molecule has 1 aromatic heterocycles. The summed E-state index contributed by atoms with van der Waals surface area (Å²) in [6.45, 7) is 5.38. The lowest BCUT2D eigenvalue weighted by Gasteiger charge is -2.17. The first-order valence-corrected chi connectivity index (χ1v) is 8.61. The molecule has 1 aliphatic rings. The highest BCUT2D eigenvalue weighted by molar-refractivity contribution is 7.14. The quantitative estimate of drug-likeness (QED) is 0.810. The van der Waals surface area contributed by atoms with Crippen LogP contribution >= 0.6 is 11.3 Å². The first-order valence-electron chi connectivity index (χ1n) is 7.73. The molecule has 0 radical (unpaired) electrons. The van der Waals surface area contributed by atoms with Crippen molar-refractivity contribution < 1.29 is 9.90 Å². The first kappa shape index (κ1) is 16.4. The lowest BCUT2D eigenvalue weighted by atomic mass is 10.0. The van der Waals surface area contributed by atoms with E-state index in [-0.39, 0.29) is 12.0 Å². The summed E-state index contributed by atoms with van der Waals surface area (Å²) in [6.07, 6.45) is 4.53. The van der Waals surface area contributed by atoms with Gasteiger partial charge in [-0.05, 0) is 25.7 Å². The molecule has 5 nitrogen and oxygen atoms in total. The summed E-state index contributed by atoms with van der Waals surface area (Å²) in [5, 5.41) is 16.1.